The Morgan fingerprint density at radius 3 is 2.14 bits per heavy atom. The van der Waals surface area contributed by atoms with Crippen LogP contribution in [0.4, 0.5) is 0 Å². The van der Waals surface area contributed by atoms with E-state index in [1.54, 1.807) is 0 Å². The molecular weight excluding hydrogens is 168 g/mol. The summed E-state index contributed by atoms with van der Waals surface area (Å²) in [5.41, 5.74) is 4.40. The first-order valence-electron chi connectivity index (χ1n) is 5.29. The Labute approximate surface area is 87.7 Å². The molecular formula is C14H20. The SMILES string of the molecule is CC(C)=C(C)C[C@H](C)c1ccccc1. The van der Waals surface area contributed by atoms with Gasteiger partial charge in [-0.2, -0.15) is 0 Å². The van der Waals surface area contributed by atoms with Gasteiger partial charge in [0.2, 0.25) is 0 Å². The van der Waals surface area contributed by atoms with E-state index >= 15 is 0 Å². The van der Waals surface area contributed by atoms with Crippen molar-refractivity contribution in [2.45, 2.75) is 40.0 Å². The van der Waals surface area contributed by atoms with Gasteiger partial charge in [0.25, 0.3) is 0 Å². The third-order valence-corrected chi connectivity index (χ3v) is 2.83. The first-order chi connectivity index (χ1) is 6.61. The lowest BCUT2D eigenvalue weighted by Crippen LogP contribution is -1.94. The van der Waals surface area contributed by atoms with Crippen molar-refractivity contribution in [3.8, 4) is 0 Å². The van der Waals surface area contributed by atoms with Crippen LogP contribution in [-0.4, -0.2) is 0 Å². The molecule has 0 bridgehead atoms. The Morgan fingerprint density at radius 2 is 1.64 bits per heavy atom. The van der Waals surface area contributed by atoms with E-state index in [-0.39, 0.29) is 0 Å². The van der Waals surface area contributed by atoms with Crippen LogP contribution >= 0.6 is 0 Å². The summed E-state index contributed by atoms with van der Waals surface area (Å²) in [5.74, 6) is 0.631. The Morgan fingerprint density at radius 1 is 1.07 bits per heavy atom. The summed E-state index contributed by atoms with van der Waals surface area (Å²) in [6.07, 6.45) is 1.17. The van der Waals surface area contributed by atoms with Crippen LogP contribution in [0.5, 0.6) is 0 Å². The monoisotopic (exact) mass is 188 g/mol. The molecule has 0 aliphatic rings. The summed E-state index contributed by atoms with van der Waals surface area (Å²) in [6, 6.07) is 10.7. The van der Waals surface area contributed by atoms with Crippen molar-refractivity contribution in [3.05, 3.63) is 47.0 Å². The van der Waals surface area contributed by atoms with E-state index in [1.807, 2.05) is 0 Å². The zero-order valence-electron chi connectivity index (χ0n) is 9.67. The second-order valence-corrected chi connectivity index (χ2v) is 4.30. The van der Waals surface area contributed by atoms with Crippen LogP contribution in [-0.2, 0) is 0 Å². The van der Waals surface area contributed by atoms with Crippen LogP contribution < -0.4 is 0 Å². The second-order valence-electron chi connectivity index (χ2n) is 4.30. The van der Waals surface area contributed by atoms with Gasteiger partial charge in [-0.15, -0.1) is 0 Å². The highest BCUT2D eigenvalue weighted by Gasteiger charge is 2.05. The van der Waals surface area contributed by atoms with Gasteiger partial charge in [0.15, 0.2) is 0 Å². The van der Waals surface area contributed by atoms with Crippen molar-refractivity contribution in [1.82, 2.24) is 0 Å². The van der Waals surface area contributed by atoms with Gasteiger partial charge in [-0.05, 0) is 38.7 Å². The Balaban J connectivity index is 2.69. The van der Waals surface area contributed by atoms with Crippen LogP contribution in [0.15, 0.2) is 41.5 Å². The molecule has 0 aliphatic carbocycles. The van der Waals surface area contributed by atoms with Gasteiger partial charge >= 0.3 is 0 Å². The van der Waals surface area contributed by atoms with Gasteiger partial charge in [0.05, 0.1) is 0 Å². The van der Waals surface area contributed by atoms with Crippen molar-refractivity contribution >= 4 is 0 Å². The Hall–Kier alpha value is -1.04. The second kappa shape index (κ2) is 4.99. The van der Waals surface area contributed by atoms with Crippen molar-refractivity contribution in [2.24, 2.45) is 0 Å². The smallest absolute Gasteiger partial charge is 0.0153 e. The standard InChI is InChI=1S/C14H20/c1-11(2)12(3)10-13(4)14-8-6-5-7-9-14/h5-9,13H,10H2,1-4H3/t13-/m0/s1. The molecule has 0 unspecified atom stereocenters. The fraction of sp³-hybridized carbons (Fsp3) is 0.429. The highest BCUT2D eigenvalue weighted by atomic mass is 14.1. The quantitative estimate of drug-likeness (QED) is 0.611. The Kier molecular flexibility index (Phi) is 3.94. The third-order valence-electron chi connectivity index (χ3n) is 2.83. The zero-order valence-corrected chi connectivity index (χ0v) is 9.67. The van der Waals surface area contributed by atoms with Crippen molar-refractivity contribution in [2.75, 3.05) is 0 Å². The molecule has 0 N–H and O–H groups in total. The fourth-order valence-corrected chi connectivity index (χ4v) is 1.56. The average Bonchev–Trinajstić information content (AvgIpc) is 2.19. The normalized spacial score (nSPS) is 12.3. The molecule has 14 heavy (non-hydrogen) atoms. The number of rotatable bonds is 3. The van der Waals surface area contributed by atoms with Gasteiger partial charge in [0, 0.05) is 0 Å². The predicted octanol–water partition coefficient (Wildman–Crippen LogP) is 4.54. The molecule has 0 spiro atoms. The van der Waals surface area contributed by atoms with Crippen LogP contribution in [0.1, 0.15) is 45.6 Å². The summed E-state index contributed by atoms with van der Waals surface area (Å²) in [5, 5.41) is 0. The molecule has 1 rings (SSSR count). The largest absolute Gasteiger partial charge is 0.0775 e. The summed E-state index contributed by atoms with van der Waals surface area (Å²) in [6.45, 7) is 8.90. The lowest BCUT2D eigenvalue weighted by Gasteiger charge is -2.13. The van der Waals surface area contributed by atoms with Crippen molar-refractivity contribution in [3.63, 3.8) is 0 Å². The molecule has 0 nitrogen and oxygen atoms in total. The minimum Gasteiger partial charge on any atom is -0.0775 e. The van der Waals surface area contributed by atoms with Gasteiger partial charge in [-0.3, -0.25) is 0 Å². The predicted molar refractivity (Wildman–Crippen MR) is 63.5 cm³/mol. The number of hydrogen-bond acceptors (Lipinski definition) is 0. The molecule has 0 radical (unpaired) electrons. The summed E-state index contributed by atoms with van der Waals surface area (Å²) >= 11 is 0. The van der Waals surface area contributed by atoms with E-state index in [4.69, 9.17) is 0 Å². The van der Waals surface area contributed by atoms with E-state index in [0.717, 1.165) is 0 Å². The number of benzene rings is 1. The molecule has 0 aromatic heterocycles. The van der Waals surface area contributed by atoms with E-state index in [1.165, 1.54) is 23.1 Å². The molecule has 1 aromatic rings. The topological polar surface area (TPSA) is 0 Å². The van der Waals surface area contributed by atoms with Crippen LogP contribution in [0, 0.1) is 0 Å². The minimum absolute atomic E-state index is 0.631. The summed E-state index contributed by atoms with van der Waals surface area (Å²) in [7, 11) is 0. The third kappa shape index (κ3) is 3.02. The highest BCUT2D eigenvalue weighted by molar-refractivity contribution is 5.21. The average molecular weight is 188 g/mol. The van der Waals surface area contributed by atoms with E-state index in [9.17, 15) is 0 Å². The zero-order chi connectivity index (χ0) is 10.6. The molecule has 0 saturated carbocycles. The number of hydrogen-bond donors (Lipinski definition) is 0. The van der Waals surface area contributed by atoms with Crippen molar-refractivity contribution in [1.29, 1.82) is 0 Å². The highest BCUT2D eigenvalue weighted by Crippen LogP contribution is 2.23. The Bertz CT molecular complexity index is 302. The molecule has 0 amide bonds. The van der Waals surface area contributed by atoms with Crippen LogP contribution in [0.3, 0.4) is 0 Å². The van der Waals surface area contributed by atoms with Crippen molar-refractivity contribution < 1.29 is 0 Å². The lowest BCUT2D eigenvalue weighted by molar-refractivity contribution is 0.745. The molecule has 0 saturated heterocycles. The molecule has 0 aliphatic heterocycles. The molecule has 0 fully saturated rings. The molecule has 1 aromatic carbocycles. The maximum atomic E-state index is 2.29. The first kappa shape index (κ1) is 11.0. The maximum absolute atomic E-state index is 2.29. The van der Waals surface area contributed by atoms with E-state index < -0.39 is 0 Å². The van der Waals surface area contributed by atoms with Crippen LogP contribution in [0.25, 0.3) is 0 Å². The number of allylic oxidation sites excluding steroid dienone is 2. The first-order valence-corrected chi connectivity index (χ1v) is 5.29. The fourth-order valence-electron chi connectivity index (χ4n) is 1.56. The summed E-state index contributed by atoms with van der Waals surface area (Å²) in [4.78, 5) is 0. The molecule has 76 valence electrons. The molecule has 0 heterocycles. The molecule has 1 atom stereocenters. The van der Waals surface area contributed by atoms with Gasteiger partial charge in [-0.25, -0.2) is 0 Å². The lowest BCUT2D eigenvalue weighted by atomic mass is 9.93. The van der Waals surface area contributed by atoms with Crippen LogP contribution in [0.2, 0.25) is 0 Å². The molecule has 0 heteroatoms. The minimum atomic E-state index is 0.631. The summed E-state index contributed by atoms with van der Waals surface area (Å²) < 4.78 is 0. The maximum Gasteiger partial charge on any atom is -0.0153 e. The van der Waals surface area contributed by atoms with Gasteiger partial charge < -0.3 is 0 Å². The van der Waals surface area contributed by atoms with E-state index in [0.29, 0.717) is 5.92 Å². The van der Waals surface area contributed by atoms with E-state index in [2.05, 4.69) is 58.0 Å². The van der Waals surface area contributed by atoms with Gasteiger partial charge in [-0.1, -0.05) is 48.4 Å². The van der Waals surface area contributed by atoms with Gasteiger partial charge in [0.1, 0.15) is 0 Å².